The number of H-pyrrole nitrogens is 1. The van der Waals surface area contributed by atoms with Crippen LogP contribution in [-0.2, 0) is 0 Å². The number of carboxylic acids is 1. The minimum absolute atomic E-state index is 0.0893. The van der Waals surface area contributed by atoms with Gasteiger partial charge < -0.3 is 14.9 Å². The zero-order chi connectivity index (χ0) is 20.8. The van der Waals surface area contributed by atoms with Gasteiger partial charge in [0.05, 0.1) is 28.7 Å². The first-order valence-electron chi connectivity index (χ1n) is 9.64. The fourth-order valence-electron chi connectivity index (χ4n) is 4.08. The second-order valence-corrected chi connectivity index (χ2v) is 7.46. The van der Waals surface area contributed by atoms with E-state index in [0.717, 1.165) is 33.7 Å². The zero-order valence-electron chi connectivity index (χ0n) is 16.2. The topological polar surface area (TPSA) is 72.5 Å². The van der Waals surface area contributed by atoms with Gasteiger partial charge in [-0.2, -0.15) is 5.10 Å². The third-order valence-corrected chi connectivity index (χ3v) is 5.50. The number of hydrogen-bond donors (Lipinski definition) is 2. The normalized spacial score (nSPS) is 16.0. The molecule has 1 atom stereocenters. The summed E-state index contributed by atoms with van der Waals surface area (Å²) in [6, 6.07) is 17.6. The Kier molecular flexibility index (Phi) is 4.17. The second-order valence-electron chi connectivity index (χ2n) is 7.46. The van der Waals surface area contributed by atoms with Crippen molar-refractivity contribution in [2.45, 2.75) is 13.0 Å². The predicted octanol–water partition coefficient (Wildman–Crippen LogP) is 5.08. The van der Waals surface area contributed by atoms with Crippen LogP contribution in [0.25, 0.3) is 10.9 Å². The molecule has 0 radical (unpaired) electrons. The van der Waals surface area contributed by atoms with Gasteiger partial charge in [0.1, 0.15) is 5.82 Å². The number of nitrogens with zero attached hydrogens (tertiary/aromatic N) is 3. The summed E-state index contributed by atoms with van der Waals surface area (Å²) in [7, 11) is 0. The van der Waals surface area contributed by atoms with E-state index in [1.54, 1.807) is 30.5 Å². The maximum absolute atomic E-state index is 13.5. The van der Waals surface area contributed by atoms with Crippen LogP contribution in [-0.4, -0.2) is 33.9 Å². The smallest absolute Gasteiger partial charge is 0.335 e. The van der Waals surface area contributed by atoms with Crippen LogP contribution in [0.1, 0.15) is 17.3 Å². The van der Waals surface area contributed by atoms with Crippen LogP contribution >= 0.6 is 0 Å². The van der Waals surface area contributed by atoms with Crippen molar-refractivity contribution in [3.8, 4) is 0 Å². The third-order valence-electron chi connectivity index (χ3n) is 5.50. The van der Waals surface area contributed by atoms with Crippen molar-refractivity contribution in [3.63, 3.8) is 0 Å². The van der Waals surface area contributed by atoms with Crippen molar-refractivity contribution in [2.75, 3.05) is 16.3 Å². The predicted molar refractivity (Wildman–Crippen MR) is 115 cm³/mol. The van der Waals surface area contributed by atoms with Crippen molar-refractivity contribution < 1.29 is 14.3 Å². The molecule has 0 saturated heterocycles. The van der Waals surface area contributed by atoms with Gasteiger partial charge in [0.15, 0.2) is 0 Å². The van der Waals surface area contributed by atoms with Crippen LogP contribution in [0.15, 0.2) is 66.9 Å². The summed E-state index contributed by atoms with van der Waals surface area (Å²) >= 11 is 0. The maximum Gasteiger partial charge on any atom is 0.335 e. The first-order valence-corrected chi connectivity index (χ1v) is 9.64. The van der Waals surface area contributed by atoms with Crippen molar-refractivity contribution in [1.82, 2.24) is 10.2 Å². The molecular formula is C23H19FN4O2. The summed E-state index contributed by atoms with van der Waals surface area (Å²) in [4.78, 5) is 15.6. The summed E-state index contributed by atoms with van der Waals surface area (Å²) in [5.74, 6) is -1.22. The van der Waals surface area contributed by atoms with Crippen LogP contribution in [0.3, 0.4) is 0 Å². The molecule has 0 fully saturated rings. The molecule has 0 unspecified atom stereocenters. The minimum Gasteiger partial charge on any atom is -0.478 e. The standard InChI is InChI=1S/C23H19FN4O2/c1-14-13-27(18-6-2-15(3-7-18)23(29)30)21-11-20-16(12-25-26-20)10-22(21)28(14)19-8-4-17(24)5-9-19/h2-12,14H,13H2,1H3,(H,25,26)(H,29,30)/t14-/m1/s1. The van der Waals surface area contributed by atoms with Crippen molar-refractivity contribution in [3.05, 3.63) is 78.2 Å². The van der Waals surface area contributed by atoms with Crippen LogP contribution in [0.2, 0.25) is 0 Å². The molecule has 7 heteroatoms. The van der Waals surface area contributed by atoms with E-state index in [0.29, 0.717) is 6.54 Å². The number of carboxylic acid groups (broad SMARTS) is 1. The Morgan fingerprint density at radius 3 is 2.47 bits per heavy atom. The van der Waals surface area contributed by atoms with Gasteiger partial charge in [-0.3, -0.25) is 5.10 Å². The minimum atomic E-state index is -0.949. The van der Waals surface area contributed by atoms with E-state index in [1.165, 1.54) is 12.1 Å². The summed E-state index contributed by atoms with van der Waals surface area (Å²) in [5, 5.41) is 17.4. The summed E-state index contributed by atoms with van der Waals surface area (Å²) < 4.78 is 13.5. The monoisotopic (exact) mass is 402 g/mol. The highest BCUT2D eigenvalue weighted by molar-refractivity contribution is 5.95. The molecule has 1 aliphatic rings. The first-order chi connectivity index (χ1) is 14.5. The fraction of sp³-hybridized carbons (Fsp3) is 0.130. The molecule has 3 aromatic carbocycles. The summed E-state index contributed by atoms with van der Waals surface area (Å²) in [6.07, 6.45) is 1.78. The Morgan fingerprint density at radius 1 is 1.07 bits per heavy atom. The molecule has 0 amide bonds. The molecule has 1 aromatic heterocycles. The van der Waals surface area contributed by atoms with E-state index in [4.69, 9.17) is 0 Å². The number of aromatic amines is 1. The second kappa shape index (κ2) is 6.88. The molecule has 150 valence electrons. The molecule has 5 rings (SSSR count). The Hall–Kier alpha value is -3.87. The number of nitrogens with one attached hydrogen (secondary N) is 1. The average molecular weight is 402 g/mol. The Morgan fingerprint density at radius 2 is 1.77 bits per heavy atom. The van der Waals surface area contributed by atoms with Crippen LogP contribution < -0.4 is 9.80 Å². The lowest BCUT2D eigenvalue weighted by molar-refractivity contribution is 0.0697. The van der Waals surface area contributed by atoms with E-state index in [2.05, 4.69) is 33.0 Å². The molecule has 0 saturated carbocycles. The van der Waals surface area contributed by atoms with Gasteiger partial charge in [0.2, 0.25) is 0 Å². The molecule has 30 heavy (non-hydrogen) atoms. The third kappa shape index (κ3) is 2.95. The van der Waals surface area contributed by atoms with Crippen LogP contribution in [0, 0.1) is 5.82 Å². The molecule has 0 bridgehead atoms. The van der Waals surface area contributed by atoms with Gasteiger partial charge in [-0.1, -0.05) is 0 Å². The number of aromatic carboxylic acids is 1. The summed E-state index contributed by atoms with van der Waals surface area (Å²) in [5.41, 5.74) is 4.93. The number of benzene rings is 3. The molecule has 2 N–H and O–H groups in total. The largest absolute Gasteiger partial charge is 0.478 e. The Labute approximate surface area is 172 Å². The molecular weight excluding hydrogens is 383 g/mol. The lowest BCUT2D eigenvalue weighted by atomic mass is 10.0. The van der Waals surface area contributed by atoms with E-state index >= 15 is 0 Å². The van der Waals surface area contributed by atoms with Crippen molar-refractivity contribution in [1.29, 1.82) is 0 Å². The number of anilines is 4. The molecule has 2 heterocycles. The van der Waals surface area contributed by atoms with Gasteiger partial charge >= 0.3 is 5.97 Å². The van der Waals surface area contributed by atoms with E-state index in [-0.39, 0.29) is 17.4 Å². The zero-order valence-corrected chi connectivity index (χ0v) is 16.2. The molecule has 0 aliphatic carbocycles. The van der Waals surface area contributed by atoms with E-state index in [1.807, 2.05) is 18.2 Å². The van der Waals surface area contributed by atoms with E-state index in [9.17, 15) is 14.3 Å². The molecule has 1 aliphatic heterocycles. The number of fused-ring (bicyclic) bond motifs is 2. The highest BCUT2D eigenvalue weighted by Crippen LogP contribution is 2.45. The lowest BCUT2D eigenvalue weighted by Crippen LogP contribution is -2.43. The highest BCUT2D eigenvalue weighted by Gasteiger charge is 2.31. The number of hydrogen-bond acceptors (Lipinski definition) is 4. The lowest BCUT2D eigenvalue weighted by Gasteiger charge is -2.43. The number of carbonyl (C=O) groups is 1. The van der Waals surface area contributed by atoms with Crippen molar-refractivity contribution >= 4 is 39.6 Å². The quantitative estimate of drug-likeness (QED) is 0.500. The maximum atomic E-state index is 13.5. The van der Waals surface area contributed by atoms with Gasteiger partial charge in [-0.05, 0) is 67.6 Å². The molecule has 6 nitrogen and oxygen atoms in total. The number of rotatable bonds is 3. The van der Waals surface area contributed by atoms with Gasteiger partial charge in [0, 0.05) is 29.3 Å². The van der Waals surface area contributed by atoms with Crippen LogP contribution in [0.4, 0.5) is 27.1 Å². The number of aromatic nitrogens is 2. The first kappa shape index (κ1) is 18.2. The van der Waals surface area contributed by atoms with Gasteiger partial charge in [-0.25, -0.2) is 9.18 Å². The fourth-order valence-corrected chi connectivity index (χ4v) is 4.08. The molecule has 0 spiro atoms. The van der Waals surface area contributed by atoms with Crippen LogP contribution in [0.5, 0.6) is 0 Å². The van der Waals surface area contributed by atoms with Crippen molar-refractivity contribution in [2.24, 2.45) is 0 Å². The van der Waals surface area contributed by atoms with Gasteiger partial charge in [-0.15, -0.1) is 0 Å². The SMILES string of the molecule is C[C@@H]1CN(c2ccc(C(=O)O)cc2)c2cc3[nH]ncc3cc2N1c1ccc(F)cc1. The Bertz CT molecular complexity index is 1230. The Balaban J connectivity index is 1.66. The highest BCUT2D eigenvalue weighted by atomic mass is 19.1. The van der Waals surface area contributed by atoms with E-state index < -0.39 is 5.97 Å². The molecule has 4 aromatic rings. The number of halogens is 1. The van der Waals surface area contributed by atoms with Gasteiger partial charge in [0.25, 0.3) is 0 Å². The summed E-state index contributed by atoms with van der Waals surface area (Å²) in [6.45, 7) is 2.79. The average Bonchev–Trinajstić information content (AvgIpc) is 3.20.